The van der Waals surface area contributed by atoms with Crippen molar-refractivity contribution in [1.29, 1.82) is 0 Å². The van der Waals surface area contributed by atoms with E-state index < -0.39 is 0 Å². The zero-order valence-corrected chi connectivity index (χ0v) is 16.8. The molecular weight excluding hydrogens is 340 g/mol. The molecule has 3 rings (SSSR count). The van der Waals surface area contributed by atoms with Gasteiger partial charge in [0.1, 0.15) is 0 Å². The Labute approximate surface area is 162 Å². The van der Waals surface area contributed by atoms with Crippen LogP contribution in [0.5, 0.6) is 0 Å². The summed E-state index contributed by atoms with van der Waals surface area (Å²) in [5.74, 6) is 0.107. The Balaban J connectivity index is 1.70. The van der Waals surface area contributed by atoms with Gasteiger partial charge in [-0.15, -0.1) is 0 Å². The lowest BCUT2D eigenvalue weighted by atomic mass is 10.1. The van der Waals surface area contributed by atoms with E-state index in [-0.39, 0.29) is 23.9 Å². The number of likely N-dealkylation sites (tertiary alicyclic amines) is 1. The lowest BCUT2D eigenvalue weighted by Gasteiger charge is -2.32. The number of nitrogens with one attached hydrogen (secondary N) is 1. The maximum absolute atomic E-state index is 13.1. The summed E-state index contributed by atoms with van der Waals surface area (Å²) < 4.78 is 0. The second-order valence-electron chi connectivity index (χ2n) is 7.76. The summed E-state index contributed by atoms with van der Waals surface area (Å²) in [6.07, 6.45) is 7.09. The molecule has 1 aromatic rings. The molecule has 6 heteroatoms. The molecule has 0 unspecified atom stereocenters. The first kappa shape index (κ1) is 19.8. The van der Waals surface area contributed by atoms with Crippen molar-refractivity contribution < 1.29 is 9.59 Å². The Morgan fingerprint density at radius 3 is 2.52 bits per heavy atom. The molecule has 1 aliphatic carbocycles. The van der Waals surface area contributed by atoms with Crippen molar-refractivity contribution >= 4 is 11.8 Å². The summed E-state index contributed by atoms with van der Waals surface area (Å²) in [5.41, 5.74) is 1.47. The largest absolute Gasteiger partial charge is 0.348 e. The predicted molar refractivity (Wildman–Crippen MR) is 106 cm³/mol. The van der Waals surface area contributed by atoms with Crippen LogP contribution in [-0.2, 0) is 4.79 Å². The molecule has 1 aromatic heterocycles. The highest BCUT2D eigenvalue weighted by Crippen LogP contribution is 2.31. The molecule has 0 radical (unpaired) electrons. The maximum Gasteiger partial charge on any atom is 0.253 e. The van der Waals surface area contributed by atoms with Crippen molar-refractivity contribution in [2.24, 2.45) is 0 Å². The smallest absolute Gasteiger partial charge is 0.253 e. The van der Waals surface area contributed by atoms with E-state index >= 15 is 0 Å². The number of amides is 2. The summed E-state index contributed by atoms with van der Waals surface area (Å²) in [7, 11) is 0. The summed E-state index contributed by atoms with van der Waals surface area (Å²) in [5, 5.41) is 3.14. The number of hydrogen-bond acceptors (Lipinski definition) is 4. The van der Waals surface area contributed by atoms with Crippen LogP contribution in [0.2, 0.25) is 0 Å². The van der Waals surface area contributed by atoms with Gasteiger partial charge in [-0.3, -0.25) is 19.5 Å². The Kier molecular flexibility index (Phi) is 6.47. The fourth-order valence-corrected chi connectivity index (χ4v) is 4.46. The predicted octanol–water partition coefficient (Wildman–Crippen LogP) is 2.37. The number of carbonyl (C=O) groups is 2. The van der Waals surface area contributed by atoms with E-state index in [2.05, 4.69) is 15.2 Å². The van der Waals surface area contributed by atoms with Crippen LogP contribution in [0, 0.1) is 6.92 Å². The standard InChI is InChI=1S/C21H32N4O2/c1-4-24(5-2)21(27)19-12-17(14-25(19)18-8-6-7-9-18)23-20(26)16-11-10-15(3)22-13-16/h10-11,13,17-19H,4-9,12,14H2,1-3H3,(H,23,26)/t17-,19-/m0/s1. The molecule has 0 aromatic carbocycles. The highest BCUT2D eigenvalue weighted by molar-refractivity contribution is 5.94. The van der Waals surface area contributed by atoms with E-state index in [4.69, 9.17) is 0 Å². The first-order chi connectivity index (χ1) is 13.0. The number of hydrogen-bond donors (Lipinski definition) is 1. The lowest BCUT2D eigenvalue weighted by molar-refractivity contribution is -0.136. The fourth-order valence-electron chi connectivity index (χ4n) is 4.46. The van der Waals surface area contributed by atoms with Crippen molar-refractivity contribution in [3.63, 3.8) is 0 Å². The molecule has 1 aliphatic heterocycles. The van der Waals surface area contributed by atoms with Crippen LogP contribution in [0.15, 0.2) is 18.3 Å². The lowest BCUT2D eigenvalue weighted by Crippen LogP contribution is -2.48. The van der Waals surface area contributed by atoms with Crippen LogP contribution in [-0.4, -0.2) is 64.4 Å². The summed E-state index contributed by atoms with van der Waals surface area (Å²) >= 11 is 0. The van der Waals surface area contributed by atoms with E-state index in [9.17, 15) is 9.59 Å². The Morgan fingerprint density at radius 1 is 1.22 bits per heavy atom. The van der Waals surface area contributed by atoms with Gasteiger partial charge < -0.3 is 10.2 Å². The van der Waals surface area contributed by atoms with E-state index in [0.29, 0.717) is 18.0 Å². The summed E-state index contributed by atoms with van der Waals surface area (Å²) in [6, 6.07) is 4.01. The molecular formula is C21H32N4O2. The molecule has 148 valence electrons. The zero-order chi connectivity index (χ0) is 19.4. The van der Waals surface area contributed by atoms with Gasteiger partial charge in [0.2, 0.25) is 5.91 Å². The van der Waals surface area contributed by atoms with Gasteiger partial charge in [0.15, 0.2) is 0 Å². The van der Waals surface area contributed by atoms with Crippen molar-refractivity contribution in [3.8, 4) is 0 Å². The van der Waals surface area contributed by atoms with Crippen LogP contribution < -0.4 is 5.32 Å². The molecule has 1 saturated heterocycles. The number of pyridine rings is 1. The molecule has 0 spiro atoms. The Morgan fingerprint density at radius 2 is 1.93 bits per heavy atom. The molecule has 2 amide bonds. The van der Waals surface area contributed by atoms with Crippen molar-refractivity contribution in [1.82, 2.24) is 20.1 Å². The molecule has 6 nitrogen and oxygen atoms in total. The zero-order valence-electron chi connectivity index (χ0n) is 16.8. The van der Waals surface area contributed by atoms with E-state index in [0.717, 1.165) is 38.2 Å². The Hall–Kier alpha value is -1.95. The minimum absolute atomic E-state index is 0.00363. The molecule has 2 aliphatic rings. The van der Waals surface area contributed by atoms with Crippen molar-refractivity contribution in [2.45, 2.75) is 71.0 Å². The minimum atomic E-state index is -0.116. The first-order valence-corrected chi connectivity index (χ1v) is 10.3. The highest BCUT2D eigenvalue weighted by Gasteiger charge is 2.42. The molecule has 2 atom stereocenters. The van der Waals surface area contributed by atoms with Crippen LogP contribution in [0.1, 0.15) is 62.0 Å². The SMILES string of the molecule is CCN(CC)C(=O)[C@@H]1C[C@H](NC(=O)c2ccc(C)nc2)CN1C1CCCC1. The second-order valence-corrected chi connectivity index (χ2v) is 7.76. The quantitative estimate of drug-likeness (QED) is 0.833. The first-order valence-electron chi connectivity index (χ1n) is 10.3. The van der Waals surface area contributed by atoms with Crippen LogP contribution in [0.4, 0.5) is 0 Å². The van der Waals surface area contributed by atoms with E-state index in [1.54, 1.807) is 12.3 Å². The summed E-state index contributed by atoms with van der Waals surface area (Å²) in [4.78, 5) is 34.2. The van der Waals surface area contributed by atoms with Crippen LogP contribution in [0.25, 0.3) is 0 Å². The number of likely N-dealkylation sites (N-methyl/N-ethyl adjacent to an activating group) is 1. The number of carbonyl (C=O) groups excluding carboxylic acids is 2. The minimum Gasteiger partial charge on any atom is -0.348 e. The second kappa shape index (κ2) is 8.83. The third-order valence-corrected chi connectivity index (χ3v) is 6.00. The van der Waals surface area contributed by atoms with Gasteiger partial charge in [0.05, 0.1) is 11.6 Å². The maximum atomic E-state index is 13.1. The molecule has 1 N–H and O–H groups in total. The fraction of sp³-hybridized carbons (Fsp3) is 0.667. The van der Waals surface area contributed by atoms with Crippen molar-refractivity contribution in [3.05, 3.63) is 29.6 Å². The Bertz CT molecular complexity index is 651. The van der Waals surface area contributed by atoms with Crippen LogP contribution in [0.3, 0.4) is 0 Å². The molecule has 2 heterocycles. The number of nitrogens with zero attached hydrogens (tertiary/aromatic N) is 3. The van der Waals surface area contributed by atoms with Gasteiger partial charge in [-0.05, 0) is 52.2 Å². The average molecular weight is 373 g/mol. The van der Waals surface area contributed by atoms with E-state index in [1.165, 1.54) is 12.8 Å². The number of aryl methyl sites for hydroxylation is 1. The third-order valence-electron chi connectivity index (χ3n) is 6.00. The third kappa shape index (κ3) is 4.49. The molecule has 0 bridgehead atoms. The summed E-state index contributed by atoms with van der Waals surface area (Å²) in [6.45, 7) is 8.18. The van der Waals surface area contributed by atoms with Gasteiger partial charge in [-0.25, -0.2) is 0 Å². The monoisotopic (exact) mass is 372 g/mol. The van der Waals surface area contributed by atoms with Gasteiger partial charge in [0, 0.05) is 43.6 Å². The van der Waals surface area contributed by atoms with Crippen LogP contribution >= 0.6 is 0 Å². The highest BCUT2D eigenvalue weighted by atomic mass is 16.2. The topological polar surface area (TPSA) is 65.5 Å². The molecule has 1 saturated carbocycles. The average Bonchev–Trinajstić information content (AvgIpc) is 3.32. The number of rotatable bonds is 6. The van der Waals surface area contributed by atoms with E-state index in [1.807, 2.05) is 31.7 Å². The number of aromatic nitrogens is 1. The van der Waals surface area contributed by atoms with Gasteiger partial charge in [0.25, 0.3) is 5.91 Å². The van der Waals surface area contributed by atoms with Gasteiger partial charge in [-0.2, -0.15) is 0 Å². The normalized spacial score (nSPS) is 23.5. The van der Waals surface area contributed by atoms with Crippen molar-refractivity contribution in [2.75, 3.05) is 19.6 Å². The van der Waals surface area contributed by atoms with Gasteiger partial charge in [-0.1, -0.05) is 12.8 Å². The molecule has 2 fully saturated rings. The van der Waals surface area contributed by atoms with Gasteiger partial charge >= 0.3 is 0 Å². The molecule has 27 heavy (non-hydrogen) atoms.